The van der Waals surface area contributed by atoms with E-state index in [1.54, 1.807) is 26.2 Å². The maximum Gasteiger partial charge on any atom is 0.270 e. The summed E-state index contributed by atoms with van der Waals surface area (Å²) in [5, 5.41) is 13.6. The first-order chi connectivity index (χ1) is 24.0. The number of imidazole rings is 1. The molecule has 6 rings (SSSR count). The molecule has 0 radical (unpaired) electrons. The van der Waals surface area contributed by atoms with Gasteiger partial charge in [0.05, 0.1) is 29.1 Å². The fourth-order valence-corrected chi connectivity index (χ4v) is 7.41. The number of amides is 3. The van der Waals surface area contributed by atoms with Crippen molar-refractivity contribution in [1.29, 1.82) is 0 Å². The van der Waals surface area contributed by atoms with E-state index >= 15 is 0 Å². The predicted octanol–water partition coefficient (Wildman–Crippen LogP) is 5.28. The lowest BCUT2D eigenvalue weighted by atomic mass is 9.77. The first-order valence-corrected chi connectivity index (χ1v) is 17.5. The number of benzene rings is 2. The van der Waals surface area contributed by atoms with E-state index in [1.807, 2.05) is 42.5 Å². The molecule has 13 heteroatoms. The van der Waals surface area contributed by atoms with Crippen molar-refractivity contribution in [2.24, 2.45) is 18.4 Å². The molecule has 4 N–H and O–H groups in total. The van der Waals surface area contributed by atoms with Gasteiger partial charge in [-0.15, -0.1) is 0 Å². The molecule has 3 amide bonds. The Bertz CT molecular complexity index is 1870. The van der Waals surface area contributed by atoms with Crippen molar-refractivity contribution in [1.82, 2.24) is 35.7 Å². The molecule has 2 heterocycles. The second-order valence-electron chi connectivity index (χ2n) is 14.2. The summed E-state index contributed by atoms with van der Waals surface area (Å²) < 4.78 is 20.0. The minimum absolute atomic E-state index is 0.0131. The zero-order chi connectivity index (χ0) is 35.6. The summed E-state index contributed by atoms with van der Waals surface area (Å²) in [5.74, 6) is -0.708. The molecule has 266 valence electrons. The highest BCUT2D eigenvalue weighted by atomic mass is 35.5. The van der Waals surface area contributed by atoms with E-state index in [4.69, 9.17) is 21.3 Å². The van der Waals surface area contributed by atoms with Crippen LogP contribution in [0.25, 0.3) is 11.0 Å². The number of aryl methyl sites for hydroxylation is 1. The Balaban J connectivity index is 1.37. The van der Waals surface area contributed by atoms with Gasteiger partial charge in [0, 0.05) is 37.8 Å². The van der Waals surface area contributed by atoms with Crippen LogP contribution in [0.2, 0.25) is 5.02 Å². The molecule has 4 aromatic rings. The standard InChI is InChI=1S/C37H45ClFN7O4/c1-36(15-16-36)29(24-10-5-6-11-25(24)38)31(44-33(47)28-14-18-41-46(28)3)32-42-26-13-12-23(20-27(26)43-32)37(2,21-50-4)35(49)45-30(22-8-7-9-22)34(48)40-19-17-39/h5-6,10-14,18,20,22,29-31H,7-9,15-17,19,21H2,1-4H3,(H,40,48)(H,42,43)(H,44,47)(H,45,49)/t29-,30+,31-,37?/m0/s1. The number of fused-ring (bicyclic) bond motifs is 1. The number of H-pyrrole nitrogens is 1. The minimum Gasteiger partial charge on any atom is -0.383 e. The molecular formula is C37H45ClFN7O4. The molecular weight excluding hydrogens is 661 g/mol. The van der Waals surface area contributed by atoms with E-state index in [1.165, 1.54) is 11.8 Å². The molecule has 2 fully saturated rings. The Kier molecular flexibility index (Phi) is 10.3. The number of alkyl halides is 1. The third kappa shape index (κ3) is 7.00. The second kappa shape index (κ2) is 14.5. The number of halogens is 2. The average Bonchev–Trinajstić information content (AvgIpc) is 3.44. The molecule has 0 saturated heterocycles. The van der Waals surface area contributed by atoms with Crippen molar-refractivity contribution < 1.29 is 23.5 Å². The lowest BCUT2D eigenvalue weighted by Gasteiger charge is -2.36. The van der Waals surface area contributed by atoms with Crippen LogP contribution < -0.4 is 16.0 Å². The van der Waals surface area contributed by atoms with Crippen molar-refractivity contribution in [3.63, 3.8) is 0 Å². The molecule has 1 unspecified atom stereocenters. The van der Waals surface area contributed by atoms with Gasteiger partial charge in [0.1, 0.15) is 24.2 Å². The van der Waals surface area contributed by atoms with Gasteiger partial charge in [-0.25, -0.2) is 9.37 Å². The van der Waals surface area contributed by atoms with Crippen molar-refractivity contribution in [2.75, 3.05) is 26.9 Å². The Labute approximate surface area is 296 Å². The number of aromatic nitrogens is 4. The Morgan fingerprint density at radius 1 is 1.16 bits per heavy atom. The fraction of sp³-hybridized carbons (Fsp3) is 0.486. The smallest absolute Gasteiger partial charge is 0.270 e. The number of methoxy groups -OCH3 is 1. The highest BCUT2D eigenvalue weighted by Crippen LogP contribution is 2.60. The fourth-order valence-electron chi connectivity index (χ4n) is 7.15. The maximum absolute atomic E-state index is 14.1. The molecule has 2 aliphatic rings. The van der Waals surface area contributed by atoms with Gasteiger partial charge in [-0.2, -0.15) is 5.10 Å². The summed E-state index contributed by atoms with van der Waals surface area (Å²) >= 11 is 6.82. The molecule has 0 spiro atoms. The van der Waals surface area contributed by atoms with E-state index in [0.717, 1.165) is 37.7 Å². The van der Waals surface area contributed by atoms with E-state index in [0.29, 0.717) is 33.1 Å². The van der Waals surface area contributed by atoms with Crippen LogP contribution in [0.1, 0.15) is 85.4 Å². The van der Waals surface area contributed by atoms with Gasteiger partial charge in [-0.05, 0) is 79.3 Å². The molecule has 2 saturated carbocycles. The molecule has 0 aliphatic heterocycles. The van der Waals surface area contributed by atoms with Gasteiger partial charge < -0.3 is 25.7 Å². The van der Waals surface area contributed by atoms with Crippen molar-refractivity contribution in [2.45, 2.75) is 69.4 Å². The van der Waals surface area contributed by atoms with Crippen LogP contribution in [-0.2, 0) is 26.8 Å². The number of carbonyl (C=O) groups excluding carboxylic acids is 3. The summed E-state index contributed by atoms with van der Waals surface area (Å²) in [6.07, 6.45) is 6.10. The second-order valence-corrected chi connectivity index (χ2v) is 14.6. The minimum atomic E-state index is -1.18. The molecule has 0 bridgehead atoms. The van der Waals surface area contributed by atoms with Gasteiger partial charge in [-0.3, -0.25) is 19.1 Å². The van der Waals surface area contributed by atoms with Crippen LogP contribution in [0.15, 0.2) is 54.7 Å². The lowest BCUT2D eigenvalue weighted by molar-refractivity contribution is -0.135. The molecule has 11 nitrogen and oxygen atoms in total. The number of hydrogen-bond donors (Lipinski definition) is 4. The Morgan fingerprint density at radius 3 is 2.54 bits per heavy atom. The quantitative estimate of drug-likeness (QED) is 0.133. The van der Waals surface area contributed by atoms with Crippen molar-refractivity contribution in [3.05, 3.63) is 82.4 Å². The van der Waals surface area contributed by atoms with E-state index < -0.39 is 24.2 Å². The van der Waals surface area contributed by atoms with Crippen LogP contribution >= 0.6 is 11.6 Å². The highest BCUT2D eigenvalue weighted by Gasteiger charge is 2.51. The summed E-state index contributed by atoms with van der Waals surface area (Å²) in [6.45, 7) is 3.24. The van der Waals surface area contributed by atoms with E-state index in [-0.39, 0.29) is 48.1 Å². The topological polar surface area (TPSA) is 143 Å². The van der Waals surface area contributed by atoms with Crippen LogP contribution in [0.3, 0.4) is 0 Å². The highest BCUT2D eigenvalue weighted by molar-refractivity contribution is 6.31. The summed E-state index contributed by atoms with van der Waals surface area (Å²) in [5.41, 5.74) is 2.00. The number of ether oxygens (including phenoxy) is 1. The van der Waals surface area contributed by atoms with Gasteiger partial charge in [0.15, 0.2) is 0 Å². The molecule has 4 atom stereocenters. The number of carbonyl (C=O) groups is 3. The zero-order valence-electron chi connectivity index (χ0n) is 28.9. The molecule has 2 aliphatic carbocycles. The van der Waals surface area contributed by atoms with Gasteiger partial charge in [0.25, 0.3) is 5.91 Å². The molecule has 2 aromatic heterocycles. The Hall–Kier alpha value is -4.29. The van der Waals surface area contributed by atoms with Gasteiger partial charge in [-0.1, -0.05) is 49.2 Å². The predicted molar refractivity (Wildman–Crippen MR) is 189 cm³/mol. The van der Waals surface area contributed by atoms with Crippen LogP contribution in [0.4, 0.5) is 4.39 Å². The number of hydrogen-bond acceptors (Lipinski definition) is 6. The largest absolute Gasteiger partial charge is 0.383 e. The number of rotatable bonds is 15. The molecule has 50 heavy (non-hydrogen) atoms. The first kappa shape index (κ1) is 35.5. The number of aromatic amines is 1. The monoisotopic (exact) mass is 705 g/mol. The first-order valence-electron chi connectivity index (χ1n) is 17.2. The normalized spacial score (nSPS) is 18.4. The van der Waals surface area contributed by atoms with Crippen LogP contribution in [0, 0.1) is 11.3 Å². The number of nitrogens with zero attached hydrogens (tertiary/aromatic N) is 3. The zero-order valence-corrected chi connectivity index (χ0v) is 29.6. The van der Waals surface area contributed by atoms with Gasteiger partial charge in [0.2, 0.25) is 11.8 Å². The van der Waals surface area contributed by atoms with E-state index in [2.05, 4.69) is 33.0 Å². The van der Waals surface area contributed by atoms with Crippen molar-refractivity contribution >= 4 is 40.4 Å². The Morgan fingerprint density at radius 2 is 1.92 bits per heavy atom. The summed E-state index contributed by atoms with van der Waals surface area (Å²) in [6, 6.07) is 13.6. The third-order valence-corrected chi connectivity index (χ3v) is 11.0. The van der Waals surface area contributed by atoms with Crippen LogP contribution in [0.5, 0.6) is 0 Å². The number of nitrogens with one attached hydrogen (secondary N) is 4. The molecule has 2 aromatic carbocycles. The van der Waals surface area contributed by atoms with E-state index in [9.17, 15) is 18.8 Å². The van der Waals surface area contributed by atoms with Crippen molar-refractivity contribution in [3.8, 4) is 0 Å². The summed E-state index contributed by atoms with van der Waals surface area (Å²) in [4.78, 5) is 49.2. The van der Waals surface area contributed by atoms with Gasteiger partial charge >= 0.3 is 0 Å². The van der Waals surface area contributed by atoms with Crippen LogP contribution in [-0.4, -0.2) is 70.4 Å². The third-order valence-electron chi connectivity index (χ3n) is 10.7. The SMILES string of the molecule is COCC(C)(C(=O)N[C@@H](C(=O)NCCF)C1CCC1)c1ccc2nc([C@@H](NC(=O)c3ccnn3C)[C@H](c3ccccc3Cl)C3(C)CC3)[nH]c2c1. The lowest BCUT2D eigenvalue weighted by Crippen LogP contribution is -2.57. The maximum atomic E-state index is 14.1. The summed E-state index contributed by atoms with van der Waals surface area (Å²) in [7, 11) is 3.25. The average molecular weight is 706 g/mol.